The predicted molar refractivity (Wildman–Crippen MR) is 79.9 cm³/mol. The highest BCUT2D eigenvalue weighted by Gasteiger charge is 2.46. The fraction of sp³-hybridized carbons (Fsp3) is 0.471. The van der Waals surface area contributed by atoms with E-state index in [2.05, 4.69) is 5.32 Å². The summed E-state index contributed by atoms with van der Waals surface area (Å²) in [5, 5.41) is 2.57. The zero-order chi connectivity index (χ0) is 16.4. The summed E-state index contributed by atoms with van der Waals surface area (Å²) in [6.07, 6.45) is -0.902. The Morgan fingerprint density at radius 1 is 1.17 bits per heavy atom. The minimum Gasteiger partial charge on any atom is -0.488 e. The summed E-state index contributed by atoms with van der Waals surface area (Å²) in [5.74, 6) is -1.26. The van der Waals surface area contributed by atoms with Crippen molar-refractivity contribution in [3.05, 3.63) is 35.4 Å². The molecule has 1 fully saturated rings. The molecule has 1 aliphatic heterocycles. The van der Waals surface area contributed by atoms with Gasteiger partial charge in [-0.1, -0.05) is 31.0 Å². The number of alkyl halides is 3. The summed E-state index contributed by atoms with van der Waals surface area (Å²) >= 11 is 0. The highest BCUT2D eigenvalue weighted by molar-refractivity contribution is 5.99. The van der Waals surface area contributed by atoms with E-state index in [4.69, 9.17) is 4.74 Å². The summed E-state index contributed by atoms with van der Waals surface area (Å²) in [6.45, 7) is 0.0756. The largest absolute Gasteiger partial charge is 0.488 e. The molecular weight excluding hydrogens is 307 g/mol. The molecule has 124 valence electrons. The van der Waals surface area contributed by atoms with E-state index < -0.39 is 24.0 Å². The molecule has 0 aromatic heterocycles. The van der Waals surface area contributed by atoms with Gasteiger partial charge in [-0.15, -0.1) is 0 Å². The van der Waals surface area contributed by atoms with Crippen LogP contribution in [0, 0.1) is 5.92 Å². The van der Waals surface area contributed by atoms with Crippen molar-refractivity contribution in [2.24, 2.45) is 5.92 Å². The number of para-hydroxylation sites is 1. The average molecular weight is 325 g/mol. The molecule has 6 heteroatoms. The summed E-state index contributed by atoms with van der Waals surface area (Å²) in [7, 11) is 0. The van der Waals surface area contributed by atoms with Crippen LogP contribution in [0.2, 0.25) is 0 Å². The second kappa shape index (κ2) is 6.26. The quantitative estimate of drug-likeness (QED) is 0.900. The SMILES string of the molecule is O=C(N[C@H]1CCCC[C@@H]1C(F)(F)F)C1=Cc2ccccc2OC1. The summed E-state index contributed by atoms with van der Waals surface area (Å²) in [6, 6.07) is 6.39. The highest BCUT2D eigenvalue weighted by Crippen LogP contribution is 2.38. The van der Waals surface area contributed by atoms with Crippen LogP contribution in [0.25, 0.3) is 6.08 Å². The molecule has 1 N–H and O–H groups in total. The minimum atomic E-state index is -4.28. The van der Waals surface area contributed by atoms with E-state index in [0.717, 1.165) is 5.56 Å². The number of benzene rings is 1. The summed E-state index contributed by atoms with van der Waals surface area (Å²) in [4.78, 5) is 12.3. The number of fused-ring (bicyclic) bond motifs is 1. The average Bonchev–Trinajstić information content (AvgIpc) is 2.54. The normalized spacial score (nSPS) is 24.2. The molecule has 1 amide bonds. The Balaban J connectivity index is 1.73. The number of halogens is 3. The van der Waals surface area contributed by atoms with Crippen LogP contribution in [0.5, 0.6) is 5.75 Å². The van der Waals surface area contributed by atoms with Gasteiger partial charge in [-0.2, -0.15) is 13.2 Å². The lowest BCUT2D eigenvalue weighted by Gasteiger charge is -2.33. The molecule has 0 radical (unpaired) electrons. The van der Waals surface area contributed by atoms with Gasteiger partial charge in [0.05, 0.1) is 11.5 Å². The fourth-order valence-corrected chi connectivity index (χ4v) is 3.20. The van der Waals surface area contributed by atoms with Crippen LogP contribution in [-0.2, 0) is 4.79 Å². The molecule has 0 saturated heterocycles. The molecule has 2 atom stereocenters. The third kappa shape index (κ3) is 3.51. The number of carbonyl (C=O) groups is 1. The first-order valence-electron chi connectivity index (χ1n) is 7.75. The number of amides is 1. The van der Waals surface area contributed by atoms with Crippen molar-refractivity contribution >= 4 is 12.0 Å². The second-order valence-corrected chi connectivity index (χ2v) is 6.01. The maximum Gasteiger partial charge on any atom is 0.393 e. The number of rotatable bonds is 2. The van der Waals surface area contributed by atoms with Crippen LogP contribution in [-0.4, -0.2) is 24.7 Å². The molecule has 23 heavy (non-hydrogen) atoms. The maximum atomic E-state index is 13.1. The van der Waals surface area contributed by atoms with Gasteiger partial charge in [0.1, 0.15) is 12.4 Å². The van der Waals surface area contributed by atoms with E-state index >= 15 is 0 Å². The van der Waals surface area contributed by atoms with Crippen LogP contribution >= 0.6 is 0 Å². The number of hydrogen-bond acceptors (Lipinski definition) is 2. The third-order valence-corrected chi connectivity index (χ3v) is 4.43. The van der Waals surface area contributed by atoms with Gasteiger partial charge in [0.25, 0.3) is 5.91 Å². The monoisotopic (exact) mass is 325 g/mol. The van der Waals surface area contributed by atoms with E-state index in [9.17, 15) is 18.0 Å². The molecule has 0 bridgehead atoms. The van der Waals surface area contributed by atoms with Gasteiger partial charge in [0.15, 0.2) is 0 Å². The predicted octanol–water partition coefficient (Wildman–Crippen LogP) is 3.70. The van der Waals surface area contributed by atoms with Crippen molar-refractivity contribution in [2.45, 2.75) is 37.9 Å². The molecule has 1 aromatic carbocycles. The first-order chi connectivity index (χ1) is 10.9. The van der Waals surface area contributed by atoms with E-state index in [1.165, 1.54) is 0 Å². The van der Waals surface area contributed by atoms with E-state index in [0.29, 0.717) is 30.6 Å². The van der Waals surface area contributed by atoms with Crippen LogP contribution in [0.1, 0.15) is 31.2 Å². The molecule has 0 unspecified atom stereocenters. The van der Waals surface area contributed by atoms with E-state index in [1.807, 2.05) is 12.1 Å². The van der Waals surface area contributed by atoms with Crippen LogP contribution in [0.3, 0.4) is 0 Å². The van der Waals surface area contributed by atoms with Crippen molar-refractivity contribution in [3.8, 4) is 5.75 Å². The number of hydrogen-bond donors (Lipinski definition) is 1. The van der Waals surface area contributed by atoms with Crippen molar-refractivity contribution in [1.82, 2.24) is 5.32 Å². The fourth-order valence-electron chi connectivity index (χ4n) is 3.20. The first kappa shape index (κ1) is 15.9. The Morgan fingerprint density at radius 2 is 1.91 bits per heavy atom. The number of nitrogens with one attached hydrogen (secondary N) is 1. The molecule has 1 heterocycles. The standard InChI is InChI=1S/C17H18F3NO2/c18-17(19,20)13-6-2-3-7-14(13)21-16(22)12-9-11-5-1-4-8-15(11)23-10-12/h1,4-5,8-9,13-14H,2-3,6-7,10H2,(H,21,22)/t13-,14-/m0/s1. The Labute approximate surface area is 132 Å². The van der Waals surface area contributed by atoms with Crippen LogP contribution < -0.4 is 10.1 Å². The first-order valence-corrected chi connectivity index (χ1v) is 7.75. The van der Waals surface area contributed by atoms with Gasteiger partial charge in [-0.3, -0.25) is 4.79 Å². The van der Waals surface area contributed by atoms with Crippen LogP contribution in [0.15, 0.2) is 29.8 Å². The molecule has 3 nitrogen and oxygen atoms in total. The molecule has 0 spiro atoms. The minimum absolute atomic E-state index is 0.0756. The van der Waals surface area contributed by atoms with E-state index in [-0.39, 0.29) is 13.0 Å². The van der Waals surface area contributed by atoms with Gasteiger partial charge in [-0.05, 0) is 25.0 Å². The van der Waals surface area contributed by atoms with Crippen LogP contribution in [0.4, 0.5) is 13.2 Å². The Kier molecular flexibility index (Phi) is 4.33. The molecule has 1 aliphatic carbocycles. The Hall–Kier alpha value is -1.98. The lowest BCUT2D eigenvalue weighted by atomic mass is 9.84. The third-order valence-electron chi connectivity index (χ3n) is 4.43. The molecule has 1 saturated carbocycles. The Bertz CT molecular complexity index is 625. The van der Waals surface area contributed by atoms with Gasteiger partial charge in [0, 0.05) is 11.6 Å². The molecular formula is C17H18F3NO2. The topological polar surface area (TPSA) is 38.3 Å². The number of ether oxygens (including phenoxy) is 1. The number of carbonyl (C=O) groups excluding carboxylic acids is 1. The highest BCUT2D eigenvalue weighted by atomic mass is 19.4. The summed E-state index contributed by atoms with van der Waals surface area (Å²) < 4.78 is 44.8. The van der Waals surface area contributed by atoms with Gasteiger partial charge < -0.3 is 10.1 Å². The van der Waals surface area contributed by atoms with Crippen molar-refractivity contribution in [3.63, 3.8) is 0 Å². The van der Waals surface area contributed by atoms with Gasteiger partial charge in [0.2, 0.25) is 0 Å². The van der Waals surface area contributed by atoms with Crippen molar-refractivity contribution < 1.29 is 22.7 Å². The zero-order valence-corrected chi connectivity index (χ0v) is 12.5. The van der Waals surface area contributed by atoms with E-state index in [1.54, 1.807) is 18.2 Å². The van der Waals surface area contributed by atoms with Crippen molar-refractivity contribution in [1.29, 1.82) is 0 Å². The molecule has 2 aliphatic rings. The lowest BCUT2D eigenvalue weighted by Crippen LogP contribution is -2.48. The van der Waals surface area contributed by atoms with Gasteiger partial charge >= 0.3 is 6.18 Å². The Morgan fingerprint density at radius 3 is 2.70 bits per heavy atom. The maximum absolute atomic E-state index is 13.1. The van der Waals surface area contributed by atoms with Crippen molar-refractivity contribution in [2.75, 3.05) is 6.61 Å². The zero-order valence-electron chi connectivity index (χ0n) is 12.5. The summed E-state index contributed by atoms with van der Waals surface area (Å²) in [5.41, 5.74) is 1.12. The second-order valence-electron chi connectivity index (χ2n) is 6.01. The molecule has 1 aromatic rings. The lowest BCUT2D eigenvalue weighted by molar-refractivity contribution is -0.189. The smallest absolute Gasteiger partial charge is 0.393 e. The molecule has 3 rings (SSSR count). The van der Waals surface area contributed by atoms with Gasteiger partial charge in [-0.25, -0.2) is 0 Å².